The SMILES string of the molecule is COC(C)(C)O[C@@H]1C(=O)N(OC(C)(C)C)[C@@H]1c1ccccc1. The summed E-state index contributed by atoms with van der Waals surface area (Å²) in [6.07, 6.45) is -0.611. The van der Waals surface area contributed by atoms with Crippen LogP contribution >= 0.6 is 0 Å². The van der Waals surface area contributed by atoms with Crippen molar-refractivity contribution in [2.24, 2.45) is 0 Å². The highest BCUT2D eigenvalue weighted by molar-refractivity contribution is 5.88. The van der Waals surface area contributed by atoms with Crippen LogP contribution in [0.15, 0.2) is 30.3 Å². The summed E-state index contributed by atoms with van der Waals surface area (Å²) in [6.45, 7) is 9.31. The van der Waals surface area contributed by atoms with E-state index < -0.39 is 17.5 Å². The molecule has 1 amide bonds. The Labute approximate surface area is 132 Å². The first-order valence-electron chi connectivity index (χ1n) is 7.45. The lowest BCUT2D eigenvalue weighted by atomic mass is 9.92. The Morgan fingerprint density at radius 3 is 2.14 bits per heavy atom. The number of hydroxylamine groups is 2. The smallest absolute Gasteiger partial charge is 0.278 e. The molecule has 1 aromatic carbocycles. The molecule has 0 bridgehead atoms. The predicted octanol–water partition coefficient (Wildman–Crippen LogP) is 3.07. The first-order chi connectivity index (χ1) is 10.1. The minimum absolute atomic E-state index is 0.186. The average molecular weight is 307 g/mol. The van der Waals surface area contributed by atoms with Crippen LogP contribution in [0.2, 0.25) is 0 Å². The summed E-state index contributed by atoms with van der Waals surface area (Å²) in [4.78, 5) is 18.2. The Kier molecular flexibility index (Phi) is 4.61. The van der Waals surface area contributed by atoms with Gasteiger partial charge in [0.05, 0.1) is 5.60 Å². The largest absolute Gasteiger partial charge is 0.354 e. The van der Waals surface area contributed by atoms with Gasteiger partial charge in [-0.15, -0.1) is 0 Å². The maximum Gasteiger partial charge on any atom is 0.278 e. The van der Waals surface area contributed by atoms with Crippen LogP contribution in [0.1, 0.15) is 46.2 Å². The van der Waals surface area contributed by atoms with Crippen LogP contribution in [-0.4, -0.2) is 35.6 Å². The van der Waals surface area contributed by atoms with Crippen molar-refractivity contribution in [3.8, 4) is 0 Å². The number of ether oxygens (including phenoxy) is 2. The third-order valence-electron chi connectivity index (χ3n) is 3.42. The second kappa shape index (κ2) is 5.99. The first-order valence-corrected chi connectivity index (χ1v) is 7.45. The van der Waals surface area contributed by atoms with Gasteiger partial charge in [-0.2, -0.15) is 0 Å². The molecule has 2 atom stereocenters. The summed E-state index contributed by atoms with van der Waals surface area (Å²) < 4.78 is 11.1. The Morgan fingerprint density at radius 1 is 1.05 bits per heavy atom. The Morgan fingerprint density at radius 2 is 1.64 bits per heavy atom. The van der Waals surface area contributed by atoms with Gasteiger partial charge in [-0.25, -0.2) is 5.06 Å². The number of β-lactam (4-membered cyclic amide) rings is 1. The van der Waals surface area contributed by atoms with Crippen molar-refractivity contribution < 1.29 is 19.1 Å². The molecule has 1 fully saturated rings. The number of carbonyl (C=O) groups is 1. The van der Waals surface area contributed by atoms with E-state index in [0.29, 0.717) is 0 Å². The van der Waals surface area contributed by atoms with Crippen LogP contribution < -0.4 is 0 Å². The molecule has 122 valence electrons. The Bertz CT molecular complexity index is 521. The molecular weight excluding hydrogens is 282 g/mol. The summed E-state index contributed by atoms with van der Waals surface area (Å²) in [6, 6.07) is 9.46. The van der Waals surface area contributed by atoms with E-state index in [2.05, 4.69) is 0 Å². The van der Waals surface area contributed by atoms with Crippen molar-refractivity contribution in [3.63, 3.8) is 0 Å². The average Bonchev–Trinajstić information content (AvgIpc) is 2.45. The molecule has 1 saturated heterocycles. The van der Waals surface area contributed by atoms with Gasteiger partial charge in [0.2, 0.25) is 0 Å². The summed E-state index contributed by atoms with van der Waals surface area (Å²) in [5, 5.41) is 1.41. The van der Waals surface area contributed by atoms with Gasteiger partial charge in [0.15, 0.2) is 11.9 Å². The van der Waals surface area contributed by atoms with Gasteiger partial charge in [-0.05, 0) is 40.2 Å². The number of benzene rings is 1. The van der Waals surface area contributed by atoms with Crippen molar-refractivity contribution in [3.05, 3.63) is 35.9 Å². The fourth-order valence-corrected chi connectivity index (χ4v) is 2.26. The van der Waals surface area contributed by atoms with Crippen molar-refractivity contribution in [2.45, 2.75) is 58.2 Å². The molecule has 0 N–H and O–H groups in total. The standard InChI is InChI=1S/C17H25NO4/c1-16(2,3)22-18-13(12-10-8-7-9-11-12)14(15(18)19)21-17(4,5)20-6/h7-11,13-14H,1-6H3/t13-,14+/m1/s1. The lowest BCUT2D eigenvalue weighted by Crippen LogP contribution is -2.63. The summed E-state index contributed by atoms with van der Waals surface area (Å²) in [7, 11) is 1.56. The number of methoxy groups -OCH3 is 1. The molecule has 1 aromatic rings. The Hall–Kier alpha value is -1.43. The molecule has 1 aliphatic heterocycles. The molecule has 1 aliphatic rings. The molecule has 5 heteroatoms. The van der Waals surface area contributed by atoms with Crippen LogP contribution in [0.3, 0.4) is 0 Å². The lowest BCUT2D eigenvalue weighted by molar-refractivity contribution is -0.324. The zero-order valence-electron chi connectivity index (χ0n) is 14.1. The Balaban J connectivity index is 2.25. The normalized spacial score (nSPS) is 22.6. The van der Waals surface area contributed by atoms with Crippen LogP contribution in [0.4, 0.5) is 0 Å². The van der Waals surface area contributed by atoms with Crippen molar-refractivity contribution in [2.75, 3.05) is 7.11 Å². The number of carbonyl (C=O) groups excluding carboxylic acids is 1. The van der Waals surface area contributed by atoms with E-state index in [9.17, 15) is 4.79 Å². The number of hydrogen-bond acceptors (Lipinski definition) is 4. The minimum atomic E-state index is -0.832. The topological polar surface area (TPSA) is 48.0 Å². The van der Waals surface area contributed by atoms with Crippen LogP contribution in [0, 0.1) is 0 Å². The fourth-order valence-electron chi connectivity index (χ4n) is 2.26. The van der Waals surface area contributed by atoms with E-state index in [-0.39, 0.29) is 11.9 Å². The molecule has 0 spiro atoms. The molecular formula is C17H25NO4. The summed E-state index contributed by atoms with van der Waals surface area (Å²) in [5.41, 5.74) is 0.521. The van der Waals surface area contributed by atoms with Crippen LogP contribution in [-0.2, 0) is 19.1 Å². The first kappa shape index (κ1) is 16.9. The molecule has 0 aliphatic carbocycles. The molecule has 0 unspecified atom stereocenters. The van der Waals surface area contributed by atoms with Crippen molar-refractivity contribution >= 4 is 5.91 Å². The number of hydrogen-bond donors (Lipinski definition) is 0. The summed E-state index contributed by atoms with van der Waals surface area (Å²) >= 11 is 0. The van der Waals surface area contributed by atoms with Gasteiger partial charge < -0.3 is 9.47 Å². The second-order valence-corrected chi connectivity index (χ2v) is 6.87. The van der Waals surface area contributed by atoms with Crippen LogP contribution in [0.5, 0.6) is 0 Å². The molecule has 0 saturated carbocycles. The maximum atomic E-state index is 12.4. The number of nitrogens with zero attached hydrogens (tertiary/aromatic N) is 1. The molecule has 22 heavy (non-hydrogen) atoms. The van der Waals surface area contributed by atoms with E-state index in [1.807, 2.05) is 51.1 Å². The third kappa shape index (κ3) is 3.66. The predicted molar refractivity (Wildman–Crippen MR) is 82.8 cm³/mol. The zero-order chi connectivity index (χ0) is 16.5. The van der Waals surface area contributed by atoms with Gasteiger partial charge in [0, 0.05) is 7.11 Å². The van der Waals surface area contributed by atoms with E-state index in [4.69, 9.17) is 14.3 Å². The zero-order valence-corrected chi connectivity index (χ0v) is 14.1. The van der Waals surface area contributed by atoms with E-state index in [0.717, 1.165) is 5.56 Å². The monoisotopic (exact) mass is 307 g/mol. The highest BCUT2D eigenvalue weighted by atomic mass is 16.7. The van der Waals surface area contributed by atoms with E-state index >= 15 is 0 Å². The fraction of sp³-hybridized carbons (Fsp3) is 0.588. The second-order valence-electron chi connectivity index (χ2n) is 6.87. The molecule has 5 nitrogen and oxygen atoms in total. The highest BCUT2D eigenvalue weighted by Crippen LogP contribution is 2.40. The van der Waals surface area contributed by atoms with Crippen molar-refractivity contribution in [1.29, 1.82) is 0 Å². The minimum Gasteiger partial charge on any atom is -0.354 e. The lowest BCUT2D eigenvalue weighted by Gasteiger charge is -2.49. The van der Waals surface area contributed by atoms with Gasteiger partial charge >= 0.3 is 0 Å². The van der Waals surface area contributed by atoms with Crippen LogP contribution in [0.25, 0.3) is 0 Å². The van der Waals surface area contributed by atoms with Crippen molar-refractivity contribution in [1.82, 2.24) is 5.06 Å². The molecule has 0 aromatic heterocycles. The van der Waals surface area contributed by atoms with Gasteiger partial charge in [-0.1, -0.05) is 30.3 Å². The summed E-state index contributed by atoms with van der Waals surface area (Å²) in [5.74, 6) is -1.02. The highest BCUT2D eigenvalue weighted by Gasteiger charge is 2.53. The number of rotatable bonds is 5. The molecule has 1 heterocycles. The van der Waals surface area contributed by atoms with Gasteiger partial charge in [-0.3, -0.25) is 9.63 Å². The maximum absolute atomic E-state index is 12.4. The van der Waals surface area contributed by atoms with Gasteiger partial charge in [0.1, 0.15) is 6.04 Å². The third-order valence-corrected chi connectivity index (χ3v) is 3.42. The van der Waals surface area contributed by atoms with E-state index in [1.54, 1.807) is 21.0 Å². The molecule has 0 radical (unpaired) electrons. The van der Waals surface area contributed by atoms with E-state index in [1.165, 1.54) is 5.06 Å². The number of amides is 1. The quantitative estimate of drug-likeness (QED) is 0.619. The molecule has 2 rings (SSSR count). The van der Waals surface area contributed by atoms with Gasteiger partial charge in [0.25, 0.3) is 5.91 Å².